The van der Waals surface area contributed by atoms with Crippen molar-refractivity contribution in [1.29, 1.82) is 0 Å². The maximum absolute atomic E-state index is 2.74. The first-order chi connectivity index (χ1) is 10.1. The van der Waals surface area contributed by atoms with Crippen molar-refractivity contribution < 1.29 is 0 Å². The van der Waals surface area contributed by atoms with Crippen LogP contribution in [-0.4, -0.2) is 24.5 Å². The molecule has 0 saturated heterocycles. The van der Waals surface area contributed by atoms with Crippen LogP contribution in [0.5, 0.6) is 0 Å². The lowest BCUT2D eigenvalue weighted by Gasteiger charge is -2.23. The summed E-state index contributed by atoms with van der Waals surface area (Å²) in [7, 11) is 0. The second kappa shape index (κ2) is 14.9. The largest absolute Gasteiger partial charge is 0.303 e. The summed E-state index contributed by atoms with van der Waals surface area (Å²) in [6.07, 6.45) is 14.1. The summed E-state index contributed by atoms with van der Waals surface area (Å²) in [4.78, 5) is 2.74. The monoisotopic (exact) mass is 297 g/mol. The van der Waals surface area contributed by atoms with Gasteiger partial charge in [-0.15, -0.1) is 0 Å². The Bertz CT molecular complexity index is 184. The fourth-order valence-electron chi connectivity index (χ4n) is 2.90. The van der Waals surface area contributed by atoms with Crippen molar-refractivity contribution in [2.45, 2.75) is 98.8 Å². The second-order valence-electron chi connectivity index (χ2n) is 7.68. The summed E-state index contributed by atoms with van der Waals surface area (Å²) in [5.41, 5.74) is 0. The van der Waals surface area contributed by atoms with Gasteiger partial charge in [0.25, 0.3) is 0 Å². The summed E-state index contributed by atoms with van der Waals surface area (Å²) in [6.45, 7) is 15.7. The molecule has 0 aromatic rings. The van der Waals surface area contributed by atoms with E-state index in [-0.39, 0.29) is 0 Å². The highest BCUT2D eigenvalue weighted by atomic mass is 15.1. The van der Waals surface area contributed by atoms with Crippen molar-refractivity contribution in [1.82, 2.24) is 4.90 Å². The minimum absolute atomic E-state index is 0.858. The van der Waals surface area contributed by atoms with Crippen LogP contribution in [0, 0.1) is 11.8 Å². The van der Waals surface area contributed by atoms with Crippen molar-refractivity contribution in [3.05, 3.63) is 0 Å². The molecule has 0 amide bonds. The molecular formula is C20H43N. The molecule has 0 atom stereocenters. The molecule has 0 radical (unpaired) electrons. The van der Waals surface area contributed by atoms with Crippen LogP contribution in [0.25, 0.3) is 0 Å². The third kappa shape index (κ3) is 16.2. The molecule has 0 aromatic carbocycles. The van der Waals surface area contributed by atoms with Crippen molar-refractivity contribution in [2.24, 2.45) is 11.8 Å². The molecule has 1 heteroatoms. The Morgan fingerprint density at radius 1 is 0.571 bits per heavy atom. The Balaban J connectivity index is 3.77. The first kappa shape index (κ1) is 21.0. The zero-order valence-electron chi connectivity index (χ0n) is 15.8. The summed E-state index contributed by atoms with van der Waals surface area (Å²) in [5.74, 6) is 1.72. The van der Waals surface area contributed by atoms with E-state index >= 15 is 0 Å². The van der Waals surface area contributed by atoms with Crippen molar-refractivity contribution in [3.8, 4) is 0 Å². The van der Waals surface area contributed by atoms with Gasteiger partial charge in [0, 0.05) is 0 Å². The van der Waals surface area contributed by atoms with Gasteiger partial charge in [-0.1, -0.05) is 66.7 Å². The lowest BCUT2D eigenvalue weighted by molar-refractivity contribution is 0.248. The van der Waals surface area contributed by atoms with Crippen molar-refractivity contribution >= 4 is 0 Å². The highest BCUT2D eigenvalue weighted by molar-refractivity contribution is 4.61. The molecule has 128 valence electrons. The van der Waals surface area contributed by atoms with Crippen LogP contribution < -0.4 is 0 Å². The van der Waals surface area contributed by atoms with Gasteiger partial charge in [0.2, 0.25) is 0 Å². The number of rotatable bonds is 15. The minimum Gasteiger partial charge on any atom is -0.303 e. The van der Waals surface area contributed by atoms with Gasteiger partial charge in [0.15, 0.2) is 0 Å². The van der Waals surface area contributed by atoms with Crippen molar-refractivity contribution in [2.75, 3.05) is 19.6 Å². The number of unbranched alkanes of at least 4 members (excludes halogenated alkanes) is 5. The molecule has 0 spiro atoms. The van der Waals surface area contributed by atoms with Gasteiger partial charge >= 0.3 is 0 Å². The quantitative estimate of drug-likeness (QED) is 0.311. The average Bonchev–Trinajstić information content (AvgIpc) is 2.41. The number of hydrogen-bond acceptors (Lipinski definition) is 1. The average molecular weight is 298 g/mol. The molecule has 0 heterocycles. The summed E-state index contributed by atoms with van der Waals surface area (Å²) in [6, 6.07) is 0. The van der Waals surface area contributed by atoms with E-state index in [0.29, 0.717) is 0 Å². The van der Waals surface area contributed by atoms with Gasteiger partial charge in [0.05, 0.1) is 0 Å². The van der Waals surface area contributed by atoms with Crippen LogP contribution in [0.4, 0.5) is 0 Å². The zero-order valence-corrected chi connectivity index (χ0v) is 15.8. The van der Waals surface area contributed by atoms with Crippen molar-refractivity contribution in [3.63, 3.8) is 0 Å². The molecule has 0 aromatic heterocycles. The topological polar surface area (TPSA) is 3.24 Å². The van der Waals surface area contributed by atoms with Crippen LogP contribution in [0.1, 0.15) is 98.8 Å². The molecule has 0 N–H and O–H groups in total. The van der Waals surface area contributed by atoms with E-state index in [2.05, 4.69) is 39.5 Å². The molecule has 0 unspecified atom stereocenters. The third-order valence-electron chi connectivity index (χ3n) is 4.34. The number of nitrogens with zero attached hydrogens (tertiary/aromatic N) is 1. The molecule has 0 fully saturated rings. The summed E-state index contributed by atoms with van der Waals surface area (Å²) in [5, 5.41) is 0. The predicted molar refractivity (Wildman–Crippen MR) is 98.0 cm³/mol. The van der Waals surface area contributed by atoms with Gasteiger partial charge in [-0.2, -0.15) is 0 Å². The standard InChI is InChI=1S/C20H43N/c1-6-7-8-9-10-11-16-21(17-12-14-19(2)3)18-13-15-20(4)5/h19-20H,6-18H2,1-5H3. The smallest absolute Gasteiger partial charge is 0.00186 e. The van der Waals surface area contributed by atoms with Gasteiger partial charge in [-0.3, -0.25) is 0 Å². The van der Waals surface area contributed by atoms with E-state index in [1.807, 2.05) is 0 Å². The molecule has 0 aliphatic carbocycles. The highest BCUT2D eigenvalue weighted by Gasteiger charge is 2.06. The molecular weight excluding hydrogens is 254 g/mol. The van der Waals surface area contributed by atoms with Gasteiger partial charge in [-0.05, 0) is 63.6 Å². The first-order valence-corrected chi connectivity index (χ1v) is 9.78. The highest BCUT2D eigenvalue weighted by Crippen LogP contribution is 2.11. The Morgan fingerprint density at radius 3 is 1.48 bits per heavy atom. The predicted octanol–water partition coefficient (Wildman–Crippen LogP) is 6.52. The second-order valence-corrected chi connectivity index (χ2v) is 7.68. The van der Waals surface area contributed by atoms with Gasteiger partial charge in [0.1, 0.15) is 0 Å². The minimum atomic E-state index is 0.858. The van der Waals surface area contributed by atoms with Crippen LogP contribution in [-0.2, 0) is 0 Å². The SMILES string of the molecule is CCCCCCCCN(CCCC(C)C)CCCC(C)C. The summed E-state index contributed by atoms with van der Waals surface area (Å²) < 4.78 is 0. The van der Waals surface area contributed by atoms with E-state index in [1.165, 1.54) is 83.8 Å². The Hall–Kier alpha value is -0.0400. The fourth-order valence-corrected chi connectivity index (χ4v) is 2.90. The molecule has 0 rings (SSSR count). The van der Waals surface area contributed by atoms with E-state index in [9.17, 15) is 0 Å². The Kier molecular flexibility index (Phi) is 14.9. The molecule has 0 aliphatic rings. The maximum Gasteiger partial charge on any atom is -0.00186 e. The number of hydrogen-bond donors (Lipinski definition) is 0. The molecule has 21 heavy (non-hydrogen) atoms. The van der Waals surface area contributed by atoms with Crippen LogP contribution in [0.3, 0.4) is 0 Å². The molecule has 1 nitrogen and oxygen atoms in total. The molecule has 0 saturated carbocycles. The lowest BCUT2D eigenvalue weighted by Crippen LogP contribution is -2.27. The van der Waals surface area contributed by atoms with Crippen LogP contribution in [0.15, 0.2) is 0 Å². The molecule has 0 aliphatic heterocycles. The Morgan fingerprint density at radius 2 is 1.00 bits per heavy atom. The van der Waals surface area contributed by atoms with Gasteiger partial charge in [-0.25, -0.2) is 0 Å². The summed E-state index contributed by atoms with van der Waals surface area (Å²) >= 11 is 0. The Labute approximate surface area is 135 Å². The lowest BCUT2D eigenvalue weighted by atomic mass is 10.1. The fraction of sp³-hybridized carbons (Fsp3) is 1.00. The maximum atomic E-state index is 2.74. The van der Waals surface area contributed by atoms with E-state index in [0.717, 1.165) is 11.8 Å². The zero-order chi connectivity index (χ0) is 15.9. The van der Waals surface area contributed by atoms with Crippen LogP contribution >= 0.6 is 0 Å². The van der Waals surface area contributed by atoms with Crippen LogP contribution in [0.2, 0.25) is 0 Å². The first-order valence-electron chi connectivity index (χ1n) is 9.78. The van der Waals surface area contributed by atoms with E-state index in [1.54, 1.807) is 0 Å². The van der Waals surface area contributed by atoms with Gasteiger partial charge < -0.3 is 4.90 Å². The normalized spacial score (nSPS) is 12.0. The third-order valence-corrected chi connectivity index (χ3v) is 4.34. The van der Waals surface area contributed by atoms with E-state index in [4.69, 9.17) is 0 Å². The molecule has 0 bridgehead atoms. The van der Waals surface area contributed by atoms with E-state index < -0.39 is 0 Å².